The maximum atomic E-state index is 14.7. The van der Waals surface area contributed by atoms with Crippen molar-refractivity contribution in [2.24, 2.45) is 23.3 Å². The van der Waals surface area contributed by atoms with E-state index in [0.29, 0.717) is 24.0 Å². The van der Waals surface area contributed by atoms with Gasteiger partial charge in [-0.25, -0.2) is 9.78 Å². The summed E-state index contributed by atoms with van der Waals surface area (Å²) in [6.45, 7) is 7.97. The average molecular weight is 1750 g/mol. The minimum Gasteiger partial charge on any atom is -0.481 e. The number of carbonyl (C=O) groups excluding carboxylic acids is 14. The van der Waals surface area contributed by atoms with E-state index in [9.17, 15) is 127 Å². The number of imidazole rings is 1. The highest BCUT2D eigenvalue weighted by molar-refractivity contribution is 7.80. The molecule has 0 fully saturated rings. The third-order valence-electron chi connectivity index (χ3n) is 18.8. The van der Waals surface area contributed by atoms with Crippen molar-refractivity contribution in [2.45, 2.75) is 235 Å². The van der Waals surface area contributed by atoms with Crippen molar-refractivity contribution in [3.63, 3.8) is 0 Å². The number of nitrogens with two attached hydrogens (primary N) is 2. The zero-order valence-electron chi connectivity index (χ0n) is 68.5. The number of rotatable bonds is 58. The molecule has 26 N–H and O–H groups in total. The van der Waals surface area contributed by atoms with E-state index in [4.69, 9.17) is 16.6 Å². The Morgan fingerprint density at radius 2 is 0.829 bits per heavy atom. The van der Waals surface area contributed by atoms with Gasteiger partial charge in [-0.3, -0.25) is 91.1 Å². The molecule has 2 aromatic carbocycles. The van der Waals surface area contributed by atoms with Crippen LogP contribution in [0.15, 0.2) is 73.2 Å². The molecule has 0 unspecified atom stereocenters. The normalized spacial score (nSPS) is 15.0. The van der Waals surface area contributed by atoms with Crippen molar-refractivity contribution < 1.29 is 132 Å². The number of nitrogens with one attached hydrogen (secondary N) is 15. The molecule has 1 heterocycles. The van der Waals surface area contributed by atoms with E-state index < -0.39 is 285 Å². The van der Waals surface area contributed by atoms with Gasteiger partial charge < -0.3 is 127 Å². The largest absolute Gasteiger partial charge is 0.481 e. The van der Waals surface area contributed by atoms with Gasteiger partial charge >= 0.3 is 35.8 Å². The van der Waals surface area contributed by atoms with Crippen molar-refractivity contribution >= 4 is 131 Å². The quantitative estimate of drug-likeness (QED) is 0.0185. The Morgan fingerprint density at radius 1 is 0.423 bits per heavy atom. The summed E-state index contributed by atoms with van der Waals surface area (Å²) >= 11 is 4.22. The zero-order valence-corrected chi connectivity index (χ0v) is 69.4. The molecule has 0 bridgehead atoms. The van der Waals surface area contributed by atoms with Crippen molar-refractivity contribution in [1.82, 2.24) is 84.4 Å². The lowest BCUT2D eigenvalue weighted by atomic mass is 9.96. The first-order valence-electron chi connectivity index (χ1n) is 39.3. The number of carbonyl (C=O) groups is 20. The fraction of sp³-hybridized carbons (Fsp3) is 0.545. The molecular formula is C77H112N18O27S. The van der Waals surface area contributed by atoms with Crippen LogP contribution in [0.25, 0.3) is 0 Å². The molecule has 678 valence electrons. The molecule has 45 nitrogen and oxygen atoms in total. The van der Waals surface area contributed by atoms with E-state index in [1.165, 1.54) is 38.5 Å². The zero-order chi connectivity index (χ0) is 92.3. The summed E-state index contributed by atoms with van der Waals surface area (Å²) in [5.74, 6) is -26.9. The van der Waals surface area contributed by atoms with Gasteiger partial charge in [0.2, 0.25) is 82.7 Å². The van der Waals surface area contributed by atoms with Gasteiger partial charge in [0, 0.05) is 50.5 Å². The van der Waals surface area contributed by atoms with Crippen LogP contribution in [0.3, 0.4) is 0 Å². The number of nitrogens with zero attached hydrogens (tertiary/aromatic N) is 1. The number of hydrogen-bond donors (Lipinski definition) is 25. The van der Waals surface area contributed by atoms with E-state index in [2.05, 4.69) is 97.0 Å². The monoisotopic (exact) mass is 1750 g/mol. The highest BCUT2D eigenvalue weighted by Gasteiger charge is 2.40. The number of H-pyrrole nitrogens is 1. The second-order valence-corrected chi connectivity index (χ2v) is 29.8. The van der Waals surface area contributed by atoms with Gasteiger partial charge in [-0.2, -0.15) is 12.6 Å². The lowest BCUT2D eigenvalue weighted by Crippen LogP contribution is -2.62. The maximum absolute atomic E-state index is 14.7. The van der Waals surface area contributed by atoms with Crippen LogP contribution in [0.5, 0.6) is 0 Å². The second kappa shape index (κ2) is 53.8. The number of benzene rings is 2. The molecular weight excluding hydrogens is 1640 g/mol. The number of aliphatic carboxylic acids is 6. The van der Waals surface area contributed by atoms with E-state index in [1.54, 1.807) is 69.3 Å². The molecule has 0 aliphatic rings. The van der Waals surface area contributed by atoms with Gasteiger partial charge in [-0.05, 0) is 88.3 Å². The standard InChI is InChI=1S/C77H112N18O27S/c1-7-39(4)62(94-73(117)52(31-44-34-80-37-82-44)89-74(118)55(36-123)93-71(115)54(33-61(106)107)91-69(113)51(30-43-18-12-9-13-19-43)88-67(111)47(23-26-59(102)103)85-65(109)45(79)21-24-57(98)99)75(119)92-49(28-38(2)3)68(112)90-53(32-60(104)105)70(114)86-46(22-25-58(100)101)66(110)81-35-56(97)84-50(29-42-16-10-8-11-17-42)72(116)95-63(41(6)96)76(120)83-40(5)64(108)87-48(77(121)122)20-14-15-27-78/h8-13,16-19,34,37-41,45-55,62-63,96,123H,7,14-15,20-33,35-36,78-79H2,1-6H3,(H,80,82)(H,81,110)(H,83,120)(H,84,97)(H,85,109)(H,86,114)(H,87,108)(H,88,111)(H,89,118)(H,90,112)(H,91,113)(H,92,119)(H,93,115)(H,94,117)(H,95,116)(H,98,99)(H,100,101)(H,102,103)(H,104,105)(H,106,107)(H,121,122)/t39-,40-,41+,45-,46-,47-,48-,49-,50-,51-,52-,53-,54-,55-,62-,63-/m0/s1. The molecule has 0 saturated carbocycles. The van der Waals surface area contributed by atoms with Crippen LogP contribution in [-0.4, -0.2) is 274 Å². The number of aromatic amines is 1. The van der Waals surface area contributed by atoms with E-state index in [0.717, 1.165) is 6.92 Å². The smallest absolute Gasteiger partial charge is 0.326 e. The Kier molecular flexibility index (Phi) is 45.7. The van der Waals surface area contributed by atoms with Gasteiger partial charge in [0.25, 0.3) is 0 Å². The van der Waals surface area contributed by atoms with Crippen LogP contribution < -0.4 is 85.9 Å². The SMILES string of the molecule is CC[C@H](C)[C@H](NC(=O)[C@H](Cc1c[nH]cn1)NC(=O)[C@H](CS)NC(=O)[C@H](CC(=O)O)NC(=O)[C@H](Cc1ccccc1)NC(=O)[C@H](CCC(=O)O)NC(=O)[C@@H](N)CCC(=O)O)C(=O)N[C@@H](CC(C)C)C(=O)N[C@@H](CC(=O)O)C(=O)N[C@@H](CCC(=O)O)C(=O)NCC(=O)N[C@@H](Cc1ccccc1)C(=O)N[C@H](C(=O)N[C@@H](C)C(=O)N[C@@H](CCCCN)C(=O)O)[C@@H](C)O. The number of carboxylic acid groups (broad SMARTS) is 6. The van der Waals surface area contributed by atoms with E-state index in [-0.39, 0.29) is 50.8 Å². The fourth-order valence-electron chi connectivity index (χ4n) is 11.8. The highest BCUT2D eigenvalue weighted by atomic mass is 32.1. The number of amides is 14. The molecule has 16 atom stereocenters. The van der Waals surface area contributed by atoms with Crippen molar-refractivity contribution in [1.29, 1.82) is 0 Å². The summed E-state index contributed by atoms with van der Waals surface area (Å²) in [6.07, 6.45) is -5.61. The predicted molar refractivity (Wildman–Crippen MR) is 434 cm³/mol. The molecule has 0 aliphatic heterocycles. The molecule has 0 aliphatic carbocycles. The number of hydrogen-bond acceptors (Lipinski definition) is 25. The maximum Gasteiger partial charge on any atom is 0.326 e. The predicted octanol–water partition coefficient (Wildman–Crippen LogP) is -5.64. The lowest BCUT2D eigenvalue weighted by Gasteiger charge is -2.30. The first-order chi connectivity index (χ1) is 58.0. The second-order valence-electron chi connectivity index (χ2n) is 29.4. The van der Waals surface area contributed by atoms with Crippen LogP contribution in [0, 0.1) is 11.8 Å². The Bertz CT molecular complexity index is 4130. The third kappa shape index (κ3) is 39.1. The molecule has 46 heteroatoms. The molecule has 123 heavy (non-hydrogen) atoms. The number of thiol groups is 1. The van der Waals surface area contributed by atoms with Gasteiger partial charge in [0.1, 0.15) is 78.5 Å². The molecule has 0 spiro atoms. The summed E-state index contributed by atoms with van der Waals surface area (Å²) in [7, 11) is 0. The number of aromatic nitrogens is 2. The molecule has 3 rings (SSSR count). The Labute approximate surface area is 711 Å². The number of carboxylic acids is 6. The summed E-state index contributed by atoms with van der Waals surface area (Å²) in [5.41, 5.74) is 12.3. The fourth-order valence-corrected chi connectivity index (χ4v) is 12.1. The minimum atomic E-state index is -2.11. The van der Waals surface area contributed by atoms with E-state index in [1.807, 2.05) is 0 Å². The van der Waals surface area contributed by atoms with Crippen LogP contribution in [0.4, 0.5) is 0 Å². The van der Waals surface area contributed by atoms with Crippen LogP contribution >= 0.6 is 12.6 Å². The molecule has 0 saturated heterocycles. The lowest BCUT2D eigenvalue weighted by molar-refractivity contribution is -0.143. The van der Waals surface area contributed by atoms with Gasteiger partial charge in [0.15, 0.2) is 0 Å². The number of aliphatic hydroxyl groups excluding tert-OH is 1. The van der Waals surface area contributed by atoms with Crippen molar-refractivity contribution in [3.8, 4) is 0 Å². The summed E-state index contributed by atoms with van der Waals surface area (Å²) < 4.78 is 0. The van der Waals surface area contributed by atoms with Crippen molar-refractivity contribution in [3.05, 3.63) is 90.0 Å². The summed E-state index contributed by atoms with van der Waals surface area (Å²) in [5, 5.41) is 101. The summed E-state index contributed by atoms with van der Waals surface area (Å²) in [6, 6.07) is -8.08. The Hall–Kier alpha value is -12.7. The Balaban J connectivity index is 1.89. The van der Waals surface area contributed by atoms with Crippen LogP contribution in [-0.2, 0) is 115 Å². The average Bonchev–Trinajstić information content (AvgIpc) is 1.22. The van der Waals surface area contributed by atoms with Gasteiger partial charge in [-0.1, -0.05) is 94.8 Å². The molecule has 1 aromatic heterocycles. The van der Waals surface area contributed by atoms with Gasteiger partial charge in [-0.15, -0.1) is 0 Å². The molecule has 3 aromatic rings. The third-order valence-corrected chi connectivity index (χ3v) is 19.2. The molecule has 14 amide bonds. The van der Waals surface area contributed by atoms with E-state index >= 15 is 0 Å². The topological polar surface area (TPSA) is 732 Å². The first kappa shape index (κ1) is 104. The van der Waals surface area contributed by atoms with Crippen LogP contribution in [0.1, 0.15) is 142 Å². The number of aliphatic hydroxyl groups is 1. The Morgan fingerprint density at radius 3 is 1.29 bits per heavy atom. The van der Waals surface area contributed by atoms with Crippen LogP contribution in [0.2, 0.25) is 0 Å². The summed E-state index contributed by atoms with van der Waals surface area (Å²) in [4.78, 5) is 274. The molecule has 0 radical (unpaired) electrons. The highest BCUT2D eigenvalue weighted by Crippen LogP contribution is 2.16. The number of unbranched alkanes of at least 4 members (excludes halogenated alkanes) is 1. The minimum absolute atomic E-state index is 0.0168. The van der Waals surface area contributed by atoms with Gasteiger partial charge in [0.05, 0.1) is 43.6 Å². The van der Waals surface area contributed by atoms with Crippen molar-refractivity contribution in [2.75, 3.05) is 18.8 Å². The first-order valence-corrected chi connectivity index (χ1v) is 39.9.